The molecule has 3 aliphatic carbocycles. The first-order valence-electron chi connectivity index (χ1n) is 17.2. The molecule has 0 aromatic heterocycles. The molecule has 10 nitrogen and oxygen atoms in total. The first-order chi connectivity index (χ1) is 22.5. The van der Waals surface area contributed by atoms with Crippen LogP contribution in [0, 0.1) is 17.3 Å². The van der Waals surface area contributed by atoms with Crippen LogP contribution >= 0.6 is 0 Å². The summed E-state index contributed by atoms with van der Waals surface area (Å²) in [5.74, 6) is 0.0975. The molecule has 0 radical (unpaired) electrons. The highest BCUT2D eigenvalue weighted by atomic mass is 16.7. The number of nitrogens with zero attached hydrogens (tertiary/aromatic N) is 3. The van der Waals surface area contributed by atoms with Gasteiger partial charge in [0.2, 0.25) is 5.91 Å². The van der Waals surface area contributed by atoms with Crippen molar-refractivity contribution in [3.8, 4) is 0 Å². The lowest BCUT2D eigenvalue weighted by molar-refractivity contribution is -0.187. The van der Waals surface area contributed by atoms with E-state index >= 15 is 0 Å². The third-order valence-corrected chi connectivity index (χ3v) is 10.4. The zero-order valence-electron chi connectivity index (χ0n) is 28.8. The van der Waals surface area contributed by atoms with Gasteiger partial charge in [0.15, 0.2) is 0 Å². The first kappa shape index (κ1) is 35.4. The number of carbonyl (C=O) groups excluding carboxylic acids is 1. The van der Waals surface area contributed by atoms with Gasteiger partial charge >= 0.3 is 5.97 Å². The van der Waals surface area contributed by atoms with Crippen LogP contribution < -0.4 is 5.32 Å². The molecule has 4 fully saturated rings. The fourth-order valence-electron chi connectivity index (χ4n) is 7.63. The molecule has 47 heavy (non-hydrogen) atoms. The fraction of sp³-hybridized carbons (Fsp3) is 0.622. The lowest BCUT2D eigenvalue weighted by atomic mass is 9.48. The molecule has 258 valence electrons. The van der Waals surface area contributed by atoms with E-state index in [1.54, 1.807) is 5.06 Å². The summed E-state index contributed by atoms with van der Waals surface area (Å²) >= 11 is 0. The Labute approximate surface area is 280 Å². The molecular formula is C37H54N4O6. The second-order valence-corrected chi connectivity index (χ2v) is 14.4. The Morgan fingerprint density at radius 3 is 2.32 bits per heavy atom. The molecule has 2 aromatic carbocycles. The van der Waals surface area contributed by atoms with E-state index in [-0.39, 0.29) is 18.6 Å². The number of nitrogens with one attached hydrogen (secondary N) is 1. The highest BCUT2D eigenvalue weighted by Crippen LogP contribution is 2.59. The van der Waals surface area contributed by atoms with Crippen LogP contribution in [0.2, 0.25) is 0 Å². The van der Waals surface area contributed by atoms with Gasteiger partial charge in [-0.15, -0.1) is 0 Å². The van der Waals surface area contributed by atoms with E-state index in [1.165, 1.54) is 17.5 Å². The Kier molecular flexibility index (Phi) is 12.1. The first-order valence-corrected chi connectivity index (χ1v) is 17.2. The Bertz CT molecular complexity index is 1310. The summed E-state index contributed by atoms with van der Waals surface area (Å²) in [4.78, 5) is 36.3. The number of likely N-dealkylation sites (N-methyl/N-ethyl adjacent to an activating group) is 1. The van der Waals surface area contributed by atoms with Crippen molar-refractivity contribution in [1.82, 2.24) is 20.2 Å². The summed E-state index contributed by atoms with van der Waals surface area (Å²) < 4.78 is 11.6. The molecule has 3 saturated carbocycles. The number of benzene rings is 2. The number of ether oxygens (including phenoxy) is 2. The summed E-state index contributed by atoms with van der Waals surface area (Å²) in [6, 6.07) is 18.4. The Balaban J connectivity index is 1.31. The topological polar surface area (TPSA) is 104 Å². The van der Waals surface area contributed by atoms with E-state index in [2.05, 4.69) is 91.6 Å². The molecular weight excluding hydrogens is 596 g/mol. The van der Waals surface area contributed by atoms with Gasteiger partial charge in [0.25, 0.3) is 0 Å². The predicted octanol–water partition coefficient (Wildman–Crippen LogP) is 4.18. The molecule has 4 aliphatic rings. The number of amides is 1. The number of carboxylic acids is 1. The van der Waals surface area contributed by atoms with Gasteiger partial charge in [0.05, 0.1) is 13.2 Å². The number of hydrogen-bond acceptors (Lipinski definition) is 8. The third-order valence-electron chi connectivity index (χ3n) is 10.4. The van der Waals surface area contributed by atoms with Crippen LogP contribution in [0.3, 0.4) is 0 Å². The second-order valence-electron chi connectivity index (χ2n) is 14.4. The summed E-state index contributed by atoms with van der Waals surface area (Å²) in [6.45, 7) is 10.5. The summed E-state index contributed by atoms with van der Waals surface area (Å²) in [7, 11) is 4.19. The molecule has 6 rings (SSSR count). The van der Waals surface area contributed by atoms with E-state index in [9.17, 15) is 9.59 Å². The van der Waals surface area contributed by atoms with E-state index in [4.69, 9.17) is 19.4 Å². The van der Waals surface area contributed by atoms with Crippen molar-refractivity contribution in [3.05, 3.63) is 71.3 Å². The molecule has 1 amide bonds. The van der Waals surface area contributed by atoms with E-state index < -0.39 is 30.8 Å². The van der Waals surface area contributed by atoms with Crippen LogP contribution in [0.15, 0.2) is 54.6 Å². The van der Waals surface area contributed by atoms with Gasteiger partial charge in [-0.25, -0.2) is 4.79 Å². The van der Waals surface area contributed by atoms with Crippen molar-refractivity contribution in [2.75, 3.05) is 47.0 Å². The van der Waals surface area contributed by atoms with Crippen molar-refractivity contribution in [3.63, 3.8) is 0 Å². The van der Waals surface area contributed by atoms with Crippen LogP contribution in [-0.2, 0) is 43.5 Å². The average Bonchev–Trinajstić information content (AvgIpc) is 3.36. The minimum absolute atomic E-state index is 0.0133. The molecule has 1 heterocycles. The zero-order chi connectivity index (χ0) is 33.6. The molecule has 2 aromatic rings. The van der Waals surface area contributed by atoms with E-state index in [0.29, 0.717) is 30.4 Å². The number of rotatable bonds is 17. The molecule has 0 spiro atoms. The maximum absolute atomic E-state index is 14.1. The molecule has 10 heteroatoms. The monoisotopic (exact) mass is 650 g/mol. The predicted molar refractivity (Wildman–Crippen MR) is 180 cm³/mol. The normalized spacial score (nSPS) is 26.8. The third kappa shape index (κ3) is 9.19. The number of carbonyl (C=O) groups is 2. The van der Waals surface area contributed by atoms with Gasteiger partial charge in [0.1, 0.15) is 24.9 Å². The zero-order valence-corrected chi connectivity index (χ0v) is 28.8. The van der Waals surface area contributed by atoms with Crippen molar-refractivity contribution >= 4 is 11.9 Å². The van der Waals surface area contributed by atoms with Gasteiger partial charge in [-0.3, -0.25) is 14.5 Å². The molecule has 2 N–H and O–H groups in total. The van der Waals surface area contributed by atoms with Gasteiger partial charge in [-0.2, -0.15) is 5.06 Å². The molecule has 1 aliphatic heterocycles. The van der Waals surface area contributed by atoms with Crippen molar-refractivity contribution in [1.29, 1.82) is 0 Å². The van der Waals surface area contributed by atoms with Crippen LogP contribution in [0.4, 0.5) is 0 Å². The van der Waals surface area contributed by atoms with E-state index in [0.717, 1.165) is 44.6 Å². The van der Waals surface area contributed by atoms with Gasteiger partial charge in [-0.1, -0.05) is 68.4 Å². The maximum Gasteiger partial charge on any atom is 0.329 e. The van der Waals surface area contributed by atoms with Crippen LogP contribution in [0.25, 0.3) is 0 Å². The molecule has 2 bridgehead atoms. The van der Waals surface area contributed by atoms with E-state index in [1.807, 2.05) is 13.0 Å². The van der Waals surface area contributed by atoms with Crippen molar-refractivity contribution < 1.29 is 29.0 Å². The fourth-order valence-corrected chi connectivity index (χ4v) is 7.63. The van der Waals surface area contributed by atoms with Crippen molar-refractivity contribution in [2.45, 2.75) is 84.0 Å². The Hall–Kier alpha value is -2.86. The number of hydrogen-bond donors (Lipinski definition) is 2. The Morgan fingerprint density at radius 2 is 1.66 bits per heavy atom. The van der Waals surface area contributed by atoms with Crippen LogP contribution in [-0.4, -0.2) is 103 Å². The highest BCUT2D eigenvalue weighted by Gasteiger charge is 2.54. The quantitative estimate of drug-likeness (QED) is 0.261. The second kappa shape index (κ2) is 16.0. The van der Waals surface area contributed by atoms with Gasteiger partial charge in [0, 0.05) is 38.8 Å². The maximum atomic E-state index is 14.1. The number of fused-ring (bicyclic) bond motifs is 2. The van der Waals surface area contributed by atoms with Crippen LogP contribution in [0.5, 0.6) is 0 Å². The minimum Gasteiger partial charge on any atom is -0.480 e. The lowest BCUT2D eigenvalue weighted by Gasteiger charge is -2.59. The molecule has 1 saturated heterocycles. The molecule has 6 atom stereocenters. The van der Waals surface area contributed by atoms with Crippen LogP contribution in [0.1, 0.15) is 56.7 Å². The Morgan fingerprint density at radius 1 is 0.979 bits per heavy atom. The summed E-state index contributed by atoms with van der Waals surface area (Å²) in [5.41, 5.74) is 3.83. The average molecular weight is 651 g/mol. The standard InChI is InChI=1S/C37H54N4O6/c1-6-46-35-32(24-45-25-33(42)43)47-41(34(35)36(44)38-31-19-29-18-30(20-31)37(29,2)3)23-28-14-10-13-27(17-28)22-40(16-15-39(4)5)21-26-11-8-7-9-12-26/h7-14,17,29-32,34-35H,6,15-16,18-25H2,1-5H3,(H,38,44)(H,42,43)/t29-,30+,31+,32-,34-,35+/m0/s1. The number of aliphatic carboxylic acids is 1. The largest absolute Gasteiger partial charge is 0.480 e. The molecule has 0 unspecified atom stereocenters. The van der Waals surface area contributed by atoms with Crippen molar-refractivity contribution in [2.24, 2.45) is 17.3 Å². The lowest BCUT2D eigenvalue weighted by Crippen LogP contribution is -2.58. The smallest absolute Gasteiger partial charge is 0.329 e. The number of carboxylic acid groups (broad SMARTS) is 1. The summed E-state index contributed by atoms with van der Waals surface area (Å²) in [5, 5.41) is 14.2. The minimum atomic E-state index is -1.05. The summed E-state index contributed by atoms with van der Waals surface area (Å²) in [6.07, 6.45) is 2.01. The van der Waals surface area contributed by atoms with Gasteiger partial charge in [-0.05, 0) is 74.2 Å². The number of hydroxylamine groups is 2. The highest BCUT2D eigenvalue weighted by molar-refractivity contribution is 5.83. The van der Waals surface area contributed by atoms with Gasteiger partial charge < -0.3 is 24.8 Å². The SMILES string of the molecule is CCO[C@@H]1[C@H](COCC(=O)O)ON(Cc2cccc(CN(CCN(C)C)Cc3ccccc3)c2)[C@@H]1C(=O)N[C@@H]1C[C@@H]2C[C@H](C1)C2(C)C.